The van der Waals surface area contributed by atoms with Crippen LogP contribution >= 0.6 is 0 Å². The Labute approximate surface area is 203 Å². The predicted molar refractivity (Wildman–Crippen MR) is 108 cm³/mol. The highest BCUT2D eigenvalue weighted by Gasteiger charge is 2.77. The molecule has 2 aromatic heterocycles. The van der Waals surface area contributed by atoms with Gasteiger partial charge in [0, 0.05) is 37.9 Å². The van der Waals surface area contributed by atoms with E-state index in [9.17, 15) is 49.3 Å². The van der Waals surface area contributed by atoms with Crippen molar-refractivity contribution in [1.29, 1.82) is 4.78 Å². The number of hydrogen-bond acceptors (Lipinski definition) is 5. The lowest BCUT2D eigenvalue weighted by Crippen LogP contribution is -2.47. The maximum atomic E-state index is 14.9. The van der Waals surface area contributed by atoms with Crippen LogP contribution in [0.25, 0.3) is 0 Å². The van der Waals surface area contributed by atoms with Crippen LogP contribution in [0.3, 0.4) is 0 Å². The van der Waals surface area contributed by atoms with Crippen LogP contribution in [0.5, 0.6) is 0 Å². The van der Waals surface area contributed by atoms with E-state index in [2.05, 4.69) is 10.1 Å². The molecular formula is C20H19F8N5O3S. The fourth-order valence-electron chi connectivity index (χ4n) is 4.52. The van der Waals surface area contributed by atoms with Gasteiger partial charge in [0.25, 0.3) is 11.8 Å². The molecule has 2 aliphatic carbocycles. The van der Waals surface area contributed by atoms with Crippen molar-refractivity contribution in [3.05, 3.63) is 40.6 Å². The Bertz CT molecular complexity index is 1470. The molecule has 2 unspecified atom stereocenters. The van der Waals surface area contributed by atoms with Crippen LogP contribution in [0.2, 0.25) is 0 Å². The van der Waals surface area contributed by atoms with Crippen LogP contribution in [0.4, 0.5) is 35.1 Å². The number of hydrogen-bond donors (Lipinski definition) is 2. The van der Waals surface area contributed by atoms with E-state index in [1.165, 1.54) is 6.92 Å². The van der Waals surface area contributed by atoms with Crippen LogP contribution in [-0.4, -0.2) is 47.9 Å². The molecule has 0 saturated heterocycles. The molecule has 1 amide bonds. The second kappa shape index (κ2) is 7.77. The summed E-state index contributed by atoms with van der Waals surface area (Å²) in [6.07, 6.45) is -7.09. The van der Waals surface area contributed by atoms with Gasteiger partial charge in [0.1, 0.15) is 17.0 Å². The van der Waals surface area contributed by atoms with E-state index < -0.39 is 97.9 Å². The molecule has 2 heterocycles. The summed E-state index contributed by atoms with van der Waals surface area (Å²) in [5, 5.41) is 12.0. The molecule has 0 aliphatic heterocycles. The third kappa shape index (κ3) is 4.72. The van der Waals surface area contributed by atoms with Gasteiger partial charge in [0.15, 0.2) is 5.03 Å². The lowest BCUT2D eigenvalue weighted by Gasteiger charge is -2.44. The minimum atomic E-state index is -5.56. The molecule has 8 nitrogen and oxygen atoms in total. The van der Waals surface area contributed by atoms with Crippen molar-refractivity contribution < 1.29 is 49.3 Å². The maximum Gasteiger partial charge on any atom is 0.420 e. The van der Waals surface area contributed by atoms with Gasteiger partial charge < -0.3 is 5.21 Å². The molecule has 0 radical (unpaired) electrons. The molecule has 2 N–H and O–H groups in total. The predicted octanol–water partition coefficient (Wildman–Crippen LogP) is 4.36. The van der Waals surface area contributed by atoms with Crippen LogP contribution in [0.15, 0.2) is 28.3 Å². The molecule has 0 spiro atoms. The quantitative estimate of drug-likeness (QED) is 0.417. The Morgan fingerprint density at radius 1 is 1.22 bits per heavy atom. The number of carbonyl (C=O) groups is 1. The Hall–Kier alpha value is -2.98. The van der Waals surface area contributed by atoms with Crippen molar-refractivity contribution >= 4 is 15.6 Å². The topological polar surface area (TPSA) is 113 Å². The first-order chi connectivity index (χ1) is 16.6. The van der Waals surface area contributed by atoms with Crippen LogP contribution in [0, 0.1) is 10.2 Å². The molecule has 0 bridgehead atoms. The summed E-state index contributed by atoms with van der Waals surface area (Å²) in [6, 6.07) is 1.67. The largest absolute Gasteiger partial charge is 0.428 e. The van der Waals surface area contributed by atoms with E-state index in [0.717, 1.165) is 24.6 Å². The minimum Gasteiger partial charge on any atom is -0.428 e. The van der Waals surface area contributed by atoms with Gasteiger partial charge in [-0.05, 0) is 11.5 Å². The summed E-state index contributed by atoms with van der Waals surface area (Å²) in [7, 11) is -3.61. The summed E-state index contributed by atoms with van der Waals surface area (Å²) >= 11 is 0. The average Bonchev–Trinajstić information content (AvgIpc) is 3.01. The van der Waals surface area contributed by atoms with Crippen molar-refractivity contribution in [3.8, 4) is 0 Å². The van der Waals surface area contributed by atoms with Gasteiger partial charge in [-0.25, -0.2) is 35.9 Å². The Morgan fingerprint density at radius 3 is 2.24 bits per heavy atom. The molecule has 4 rings (SSSR count). The second-order valence-corrected chi connectivity index (χ2v) is 11.9. The Balaban J connectivity index is 1.92. The monoisotopic (exact) mass is 561 g/mol. The number of halogens is 8. The Kier molecular flexibility index (Phi) is 5.68. The molecule has 2 fully saturated rings. The van der Waals surface area contributed by atoms with E-state index in [1.807, 2.05) is 0 Å². The fraction of sp³-hybridized carbons (Fsp3) is 0.550. The first-order valence-corrected chi connectivity index (χ1v) is 12.4. The lowest BCUT2D eigenvalue weighted by molar-refractivity contribution is -0.160. The summed E-state index contributed by atoms with van der Waals surface area (Å²) in [4.78, 5) is 16.5. The van der Waals surface area contributed by atoms with Crippen LogP contribution in [-0.2, 0) is 28.1 Å². The van der Waals surface area contributed by atoms with E-state index >= 15 is 0 Å². The molecule has 0 aromatic carbocycles. The smallest absolute Gasteiger partial charge is 0.420 e. The SMILES string of the molecule is CC1(Cn2nc(C3(F)CC3(F)F)c(C(F)(F)F)c2C(=O)N=c2ccn(O)c(S(C)(=N)=O)c2)CC(F)(F)C1. The van der Waals surface area contributed by atoms with Gasteiger partial charge in [0.2, 0.25) is 11.6 Å². The highest BCUT2D eigenvalue weighted by Crippen LogP contribution is 2.64. The van der Waals surface area contributed by atoms with Crippen molar-refractivity contribution in [2.75, 3.05) is 6.26 Å². The highest BCUT2D eigenvalue weighted by atomic mass is 32.2. The van der Waals surface area contributed by atoms with Crippen molar-refractivity contribution in [1.82, 2.24) is 14.5 Å². The summed E-state index contributed by atoms with van der Waals surface area (Å²) in [5.41, 5.74) is -10.5. The molecular weight excluding hydrogens is 542 g/mol. The molecule has 2 saturated carbocycles. The third-order valence-corrected chi connectivity index (χ3v) is 7.25. The molecule has 2 aliphatic rings. The van der Waals surface area contributed by atoms with Crippen LogP contribution in [0.1, 0.15) is 47.9 Å². The van der Waals surface area contributed by atoms with E-state index in [4.69, 9.17) is 4.78 Å². The normalized spacial score (nSPS) is 25.8. The number of amides is 1. The van der Waals surface area contributed by atoms with Gasteiger partial charge in [-0.15, -0.1) is 0 Å². The van der Waals surface area contributed by atoms with E-state index in [-0.39, 0.29) is 9.41 Å². The maximum absolute atomic E-state index is 14.9. The van der Waals surface area contributed by atoms with Gasteiger partial charge in [-0.2, -0.15) is 23.0 Å². The van der Waals surface area contributed by atoms with E-state index in [0.29, 0.717) is 0 Å². The number of carbonyl (C=O) groups excluding carboxylic acids is 1. The third-order valence-electron chi connectivity index (χ3n) is 6.15. The summed E-state index contributed by atoms with van der Waals surface area (Å²) < 4.78 is 132. The van der Waals surface area contributed by atoms with Gasteiger partial charge in [-0.1, -0.05) is 6.92 Å². The first kappa shape index (κ1) is 27.1. The van der Waals surface area contributed by atoms with Gasteiger partial charge >= 0.3 is 6.18 Å². The number of nitrogens with zero attached hydrogens (tertiary/aromatic N) is 4. The standard InChI is InChI=1S/C20H19F8N5O3S/c1-16(6-17(21,22)7-16)9-32-13(12(20(26,27)28)14(31-32)18(23)8-19(18,24)25)15(34)30-10-3-4-33(35)11(5-10)37(2,29)36/h3-5,29,35H,6-9H2,1-2H3. The number of rotatable bonds is 5. The summed E-state index contributed by atoms with van der Waals surface area (Å²) in [6.45, 7) is 0.507. The zero-order valence-electron chi connectivity index (χ0n) is 19.0. The zero-order chi connectivity index (χ0) is 28.0. The van der Waals surface area contributed by atoms with Crippen molar-refractivity contribution in [2.24, 2.45) is 10.4 Å². The molecule has 17 heteroatoms. The summed E-state index contributed by atoms with van der Waals surface area (Å²) in [5.74, 6) is -9.07. The highest BCUT2D eigenvalue weighted by molar-refractivity contribution is 7.91. The Morgan fingerprint density at radius 2 is 1.78 bits per heavy atom. The van der Waals surface area contributed by atoms with Gasteiger partial charge in [0.05, 0.1) is 21.5 Å². The second-order valence-electron chi connectivity index (χ2n) is 9.76. The first-order valence-electron chi connectivity index (χ1n) is 10.5. The molecule has 2 aromatic rings. The number of nitrogens with one attached hydrogen (secondary N) is 1. The van der Waals surface area contributed by atoms with Crippen molar-refractivity contribution in [3.63, 3.8) is 0 Å². The number of alkyl halides is 8. The molecule has 2 atom stereocenters. The average molecular weight is 561 g/mol. The van der Waals surface area contributed by atoms with Crippen LogP contribution < -0.4 is 5.36 Å². The van der Waals surface area contributed by atoms with E-state index in [1.54, 1.807) is 0 Å². The zero-order valence-corrected chi connectivity index (χ0v) is 19.9. The van der Waals surface area contributed by atoms with Gasteiger partial charge in [-0.3, -0.25) is 9.48 Å². The van der Waals surface area contributed by atoms with Crippen molar-refractivity contribution in [2.45, 2.75) is 61.4 Å². The fourth-order valence-corrected chi connectivity index (χ4v) is 5.28. The minimum absolute atomic E-state index is 0.266. The number of aromatic nitrogens is 3. The molecule has 37 heavy (non-hydrogen) atoms. The number of pyridine rings is 1. The molecule has 204 valence electrons. The lowest BCUT2D eigenvalue weighted by atomic mass is 9.67.